The maximum Gasteiger partial charge on any atom is 0.416 e. The van der Waals surface area contributed by atoms with Crippen LogP contribution in [-0.2, 0) is 16.5 Å². The average Bonchev–Trinajstić information content (AvgIpc) is 2.26. The fraction of sp³-hybridized carbons (Fsp3) is 0.455. The highest BCUT2D eigenvalue weighted by molar-refractivity contribution is 5.35. The largest absolute Gasteiger partial charge is 0.416 e. The molecule has 0 radical (unpaired) electrons. The minimum atomic E-state index is -4.57. The van der Waals surface area contributed by atoms with Crippen LogP contribution in [0.1, 0.15) is 18.1 Å². The first kappa shape index (κ1) is 13.9. The van der Waals surface area contributed by atoms with Crippen molar-refractivity contribution < 1.29 is 22.3 Å². The number of methoxy groups -OCH3 is 1. The maximum absolute atomic E-state index is 13.1. The number of benzene rings is 1. The van der Waals surface area contributed by atoms with Crippen LogP contribution in [-0.4, -0.2) is 13.7 Å². The van der Waals surface area contributed by atoms with Crippen molar-refractivity contribution >= 4 is 0 Å². The lowest BCUT2D eigenvalue weighted by atomic mass is 9.90. The number of ether oxygens (including phenoxy) is 1. The molecule has 96 valence electrons. The van der Waals surface area contributed by atoms with Crippen LogP contribution in [0.5, 0.6) is 0 Å². The lowest BCUT2D eigenvalue weighted by Gasteiger charge is -2.29. The second-order valence-corrected chi connectivity index (χ2v) is 3.83. The highest BCUT2D eigenvalue weighted by Crippen LogP contribution is 2.37. The number of hydrogen-bond acceptors (Lipinski definition) is 2. The summed E-state index contributed by atoms with van der Waals surface area (Å²) in [6, 6.07) is 2.26. The first-order valence-electron chi connectivity index (χ1n) is 4.87. The van der Waals surface area contributed by atoms with Gasteiger partial charge in [-0.2, -0.15) is 13.2 Å². The Morgan fingerprint density at radius 1 is 1.24 bits per heavy atom. The van der Waals surface area contributed by atoms with Gasteiger partial charge in [-0.05, 0) is 30.7 Å². The molecular weight excluding hydrogens is 238 g/mol. The Morgan fingerprint density at radius 2 is 1.82 bits per heavy atom. The Hall–Kier alpha value is -1.14. The molecule has 1 atom stereocenters. The Labute approximate surface area is 96.4 Å². The quantitative estimate of drug-likeness (QED) is 0.838. The molecule has 0 aliphatic rings. The van der Waals surface area contributed by atoms with E-state index < -0.39 is 23.2 Å². The lowest BCUT2D eigenvalue weighted by Crippen LogP contribution is -2.36. The predicted molar refractivity (Wildman–Crippen MR) is 54.8 cm³/mol. The molecule has 6 heteroatoms. The highest BCUT2D eigenvalue weighted by atomic mass is 19.4. The second-order valence-electron chi connectivity index (χ2n) is 3.83. The van der Waals surface area contributed by atoms with Gasteiger partial charge in [-0.15, -0.1) is 0 Å². The molecular formula is C11H13F4NO. The third-order valence-electron chi connectivity index (χ3n) is 2.70. The van der Waals surface area contributed by atoms with Crippen LogP contribution < -0.4 is 5.73 Å². The normalized spacial score (nSPS) is 15.7. The van der Waals surface area contributed by atoms with Crippen LogP contribution >= 0.6 is 0 Å². The van der Waals surface area contributed by atoms with Gasteiger partial charge >= 0.3 is 6.18 Å². The molecule has 2 N–H and O–H groups in total. The highest BCUT2D eigenvalue weighted by Gasteiger charge is 2.39. The van der Waals surface area contributed by atoms with Crippen molar-refractivity contribution in [2.45, 2.75) is 18.7 Å². The van der Waals surface area contributed by atoms with E-state index in [1.54, 1.807) is 0 Å². The second kappa shape index (κ2) is 4.62. The van der Waals surface area contributed by atoms with Crippen LogP contribution in [0.15, 0.2) is 18.2 Å². The molecule has 0 aliphatic heterocycles. The Morgan fingerprint density at radius 3 is 2.24 bits per heavy atom. The van der Waals surface area contributed by atoms with Crippen LogP contribution in [0.2, 0.25) is 0 Å². The van der Waals surface area contributed by atoms with Gasteiger partial charge in [0.25, 0.3) is 0 Å². The van der Waals surface area contributed by atoms with Crippen molar-refractivity contribution in [1.29, 1.82) is 0 Å². The predicted octanol–water partition coefficient (Wildman–Crippen LogP) is 2.66. The Balaban J connectivity index is 3.44. The van der Waals surface area contributed by atoms with Crippen molar-refractivity contribution in [3.05, 3.63) is 35.1 Å². The van der Waals surface area contributed by atoms with Crippen LogP contribution in [0.25, 0.3) is 0 Å². The molecule has 0 saturated carbocycles. The standard InChI is InChI=1S/C11H13F4NO/c1-10(6-16,17-2)9-5-7(12)3-4-8(9)11(13,14)15/h3-5H,6,16H2,1-2H3. The molecule has 17 heavy (non-hydrogen) atoms. The van der Waals surface area contributed by atoms with E-state index in [9.17, 15) is 17.6 Å². The minimum absolute atomic E-state index is 0.184. The molecule has 0 spiro atoms. The SMILES string of the molecule is COC(C)(CN)c1cc(F)ccc1C(F)(F)F. The topological polar surface area (TPSA) is 35.2 Å². The first-order valence-corrected chi connectivity index (χ1v) is 4.87. The van der Waals surface area contributed by atoms with E-state index in [2.05, 4.69) is 0 Å². The lowest BCUT2D eigenvalue weighted by molar-refractivity contribution is -0.141. The third-order valence-corrected chi connectivity index (χ3v) is 2.70. The number of hydrogen-bond donors (Lipinski definition) is 1. The number of nitrogens with two attached hydrogens (primary N) is 1. The van der Waals surface area contributed by atoms with Gasteiger partial charge in [-0.25, -0.2) is 4.39 Å². The summed E-state index contributed by atoms with van der Waals surface area (Å²) in [6.45, 7) is 1.20. The summed E-state index contributed by atoms with van der Waals surface area (Å²) in [4.78, 5) is 0. The molecule has 0 aliphatic carbocycles. The summed E-state index contributed by atoms with van der Waals surface area (Å²) < 4.78 is 56.3. The van der Waals surface area contributed by atoms with Crippen molar-refractivity contribution in [3.8, 4) is 0 Å². The van der Waals surface area contributed by atoms with E-state index in [0.717, 1.165) is 12.1 Å². The van der Waals surface area contributed by atoms with Gasteiger partial charge in [-0.3, -0.25) is 0 Å². The van der Waals surface area contributed by atoms with E-state index in [4.69, 9.17) is 10.5 Å². The van der Waals surface area contributed by atoms with Gasteiger partial charge in [0, 0.05) is 13.7 Å². The molecule has 0 fully saturated rings. The van der Waals surface area contributed by atoms with Crippen molar-refractivity contribution in [2.75, 3.05) is 13.7 Å². The maximum atomic E-state index is 13.1. The van der Waals surface area contributed by atoms with Gasteiger partial charge in [0.05, 0.1) is 5.56 Å². The molecule has 0 bridgehead atoms. The monoisotopic (exact) mass is 251 g/mol. The summed E-state index contributed by atoms with van der Waals surface area (Å²) in [5.74, 6) is -0.760. The number of alkyl halides is 3. The molecule has 1 unspecified atom stereocenters. The minimum Gasteiger partial charge on any atom is -0.372 e. The van der Waals surface area contributed by atoms with Crippen molar-refractivity contribution in [2.24, 2.45) is 5.73 Å². The molecule has 2 nitrogen and oxygen atoms in total. The average molecular weight is 251 g/mol. The Kier molecular flexibility index (Phi) is 3.78. The van der Waals surface area contributed by atoms with Crippen molar-refractivity contribution in [1.82, 2.24) is 0 Å². The number of halogens is 4. The molecule has 0 amide bonds. The van der Waals surface area contributed by atoms with Gasteiger partial charge < -0.3 is 10.5 Å². The summed E-state index contributed by atoms with van der Waals surface area (Å²) in [5.41, 5.74) is 2.80. The van der Waals surface area contributed by atoms with Gasteiger partial charge in [0.1, 0.15) is 11.4 Å². The summed E-state index contributed by atoms with van der Waals surface area (Å²) in [7, 11) is 1.23. The summed E-state index contributed by atoms with van der Waals surface area (Å²) >= 11 is 0. The zero-order valence-corrected chi connectivity index (χ0v) is 9.44. The fourth-order valence-corrected chi connectivity index (χ4v) is 1.50. The number of rotatable bonds is 3. The molecule has 1 aromatic carbocycles. The molecule has 1 rings (SSSR count). The zero-order chi connectivity index (χ0) is 13.3. The van der Waals surface area contributed by atoms with Gasteiger partial charge in [0.15, 0.2) is 0 Å². The van der Waals surface area contributed by atoms with Gasteiger partial charge in [-0.1, -0.05) is 0 Å². The molecule has 0 saturated heterocycles. The van der Waals surface area contributed by atoms with Crippen LogP contribution in [0, 0.1) is 5.82 Å². The zero-order valence-electron chi connectivity index (χ0n) is 9.44. The van der Waals surface area contributed by atoms with E-state index in [1.165, 1.54) is 14.0 Å². The summed E-state index contributed by atoms with van der Waals surface area (Å²) in [5, 5.41) is 0. The summed E-state index contributed by atoms with van der Waals surface area (Å²) in [6.07, 6.45) is -4.57. The first-order chi connectivity index (χ1) is 7.74. The molecule has 1 aromatic rings. The smallest absolute Gasteiger partial charge is 0.372 e. The van der Waals surface area contributed by atoms with Crippen molar-refractivity contribution in [3.63, 3.8) is 0 Å². The van der Waals surface area contributed by atoms with E-state index in [-0.39, 0.29) is 12.1 Å². The Bertz CT molecular complexity index is 399. The molecule has 0 heterocycles. The van der Waals surface area contributed by atoms with Crippen LogP contribution in [0.4, 0.5) is 17.6 Å². The van der Waals surface area contributed by atoms with E-state index in [0.29, 0.717) is 6.07 Å². The van der Waals surface area contributed by atoms with E-state index in [1.807, 2.05) is 0 Å². The fourth-order valence-electron chi connectivity index (χ4n) is 1.50. The van der Waals surface area contributed by atoms with Gasteiger partial charge in [0.2, 0.25) is 0 Å². The third kappa shape index (κ3) is 2.76. The molecule has 0 aromatic heterocycles. The van der Waals surface area contributed by atoms with E-state index >= 15 is 0 Å². The van der Waals surface area contributed by atoms with Crippen LogP contribution in [0.3, 0.4) is 0 Å².